The summed E-state index contributed by atoms with van der Waals surface area (Å²) in [6.07, 6.45) is -12.8. The van der Waals surface area contributed by atoms with Crippen LogP contribution in [0.25, 0.3) is 11.1 Å². The highest BCUT2D eigenvalue weighted by Gasteiger charge is 2.71. The van der Waals surface area contributed by atoms with Gasteiger partial charge in [0.1, 0.15) is 7.85 Å². The summed E-state index contributed by atoms with van der Waals surface area (Å²) in [5.41, 5.74) is -0.853. The Labute approximate surface area is 155 Å². The predicted octanol–water partition coefficient (Wildman–Crippen LogP) is 5.87. The molecular formula is C20H19BF6. The Balaban J connectivity index is 1.83. The Bertz CT molecular complexity index is 753. The fourth-order valence-electron chi connectivity index (χ4n) is 3.94. The van der Waals surface area contributed by atoms with Gasteiger partial charge in [-0.05, 0) is 47.7 Å². The lowest BCUT2D eigenvalue weighted by atomic mass is 9.52. The molecule has 2 aromatic rings. The lowest BCUT2D eigenvalue weighted by Crippen LogP contribution is -2.54. The first kappa shape index (κ1) is 19.8. The molecule has 0 radical (unpaired) electrons. The van der Waals surface area contributed by atoms with Gasteiger partial charge in [0.15, 0.2) is 5.41 Å². The summed E-state index contributed by atoms with van der Waals surface area (Å²) in [5, 5.41) is -0.699. The molecule has 7 heteroatoms. The van der Waals surface area contributed by atoms with Gasteiger partial charge in [0, 0.05) is 0 Å². The molecule has 1 fully saturated rings. The summed E-state index contributed by atoms with van der Waals surface area (Å²) < 4.78 is 79.6. The first-order valence-corrected chi connectivity index (χ1v) is 8.78. The topological polar surface area (TPSA) is 0 Å². The van der Waals surface area contributed by atoms with Crippen LogP contribution in [0.1, 0.15) is 31.2 Å². The first-order valence-electron chi connectivity index (χ1n) is 8.78. The van der Waals surface area contributed by atoms with Gasteiger partial charge >= 0.3 is 12.4 Å². The second-order valence-corrected chi connectivity index (χ2v) is 7.58. The number of hydrogen-bond donors (Lipinski definition) is 0. The van der Waals surface area contributed by atoms with E-state index in [2.05, 4.69) is 0 Å². The molecule has 0 spiro atoms. The molecule has 1 aliphatic rings. The standard InChI is InChI=1S/C20H19BF6/c21-17(10-12-18(13-11-17,19(22,23)24)20(25,26)27)16-8-6-15(7-9-16)14-4-2-1-3-5-14/h1-9H,10-13,21H2. The molecule has 2 aromatic carbocycles. The molecule has 1 aliphatic carbocycles. The van der Waals surface area contributed by atoms with Crippen molar-refractivity contribution < 1.29 is 26.3 Å². The fraction of sp³-hybridized carbons (Fsp3) is 0.400. The molecule has 3 rings (SSSR count). The monoisotopic (exact) mass is 384 g/mol. The third-order valence-corrected chi connectivity index (χ3v) is 5.98. The van der Waals surface area contributed by atoms with Crippen LogP contribution >= 0.6 is 0 Å². The van der Waals surface area contributed by atoms with E-state index < -0.39 is 35.9 Å². The lowest BCUT2D eigenvalue weighted by Gasteiger charge is -2.46. The third-order valence-electron chi connectivity index (χ3n) is 5.98. The molecule has 0 unspecified atom stereocenters. The molecule has 0 N–H and O–H groups in total. The summed E-state index contributed by atoms with van der Waals surface area (Å²) in [6, 6.07) is 17.0. The second-order valence-electron chi connectivity index (χ2n) is 7.58. The molecule has 1 saturated carbocycles. The lowest BCUT2D eigenvalue weighted by molar-refractivity contribution is -0.351. The number of halogens is 6. The maximum absolute atomic E-state index is 13.3. The summed E-state index contributed by atoms with van der Waals surface area (Å²) in [7, 11) is 1.75. The van der Waals surface area contributed by atoms with Gasteiger partial charge in [-0.3, -0.25) is 0 Å². The van der Waals surface area contributed by atoms with Crippen LogP contribution in [-0.4, -0.2) is 20.2 Å². The minimum Gasteiger partial charge on any atom is -0.170 e. The normalized spacial score (nSPS) is 19.6. The molecule has 0 amide bonds. The van der Waals surface area contributed by atoms with E-state index in [0.717, 1.165) is 16.7 Å². The third kappa shape index (κ3) is 3.48. The van der Waals surface area contributed by atoms with Crippen LogP contribution in [0, 0.1) is 5.41 Å². The van der Waals surface area contributed by atoms with E-state index in [9.17, 15) is 26.3 Å². The van der Waals surface area contributed by atoms with Gasteiger partial charge in [-0.15, -0.1) is 0 Å². The van der Waals surface area contributed by atoms with Gasteiger partial charge in [-0.2, -0.15) is 26.3 Å². The zero-order chi connectivity index (χ0) is 19.9. The zero-order valence-corrected chi connectivity index (χ0v) is 14.8. The summed E-state index contributed by atoms with van der Waals surface area (Å²) in [5.74, 6) is 0. The molecule has 144 valence electrons. The highest BCUT2D eigenvalue weighted by molar-refractivity contribution is 6.16. The number of hydrogen-bond acceptors (Lipinski definition) is 0. The first-order chi connectivity index (χ1) is 12.5. The SMILES string of the molecule is BC1(c2ccc(-c3ccccc3)cc2)CCC(C(F)(F)F)(C(F)(F)F)CC1. The van der Waals surface area contributed by atoms with Crippen molar-refractivity contribution in [3.8, 4) is 11.1 Å². The van der Waals surface area contributed by atoms with Crippen molar-refractivity contribution in [2.45, 2.75) is 43.4 Å². The molecule has 0 bridgehead atoms. The van der Waals surface area contributed by atoms with Crippen molar-refractivity contribution in [2.24, 2.45) is 5.41 Å². The Hall–Kier alpha value is -1.92. The summed E-state index contributed by atoms with van der Waals surface area (Å²) in [6.45, 7) is 0. The Morgan fingerprint density at radius 1 is 0.630 bits per heavy atom. The molecule has 0 aromatic heterocycles. The Kier molecular flexibility index (Phi) is 4.85. The molecule has 0 heterocycles. The smallest absolute Gasteiger partial charge is 0.170 e. The van der Waals surface area contributed by atoms with Crippen LogP contribution in [0.5, 0.6) is 0 Å². The van der Waals surface area contributed by atoms with Crippen LogP contribution in [0.3, 0.4) is 0 Å². The van der Waals surface area contributed by atoms with E-state index in [1.807, 2.05) is 54.6 Å². The van der Waals surface area contributed by atoms with E-state index >= 15 is 0 Å². The van der Waals surface area contributed by atoms with E-state index in [-0.39, 0.29) is 12.8 Å². The van der Waals surface area contributed by atoms with Crippen molar-refractivity contribution in [1.29, 1.82) is 0 Å². The molecule has 27 heavy (non-hydrogen) atoms. The van der Waals surface area contributed by atoms with E-state index in [4.69, 9.17) is 0 Å². The summed E-state index contributed by atoms with van der Waals surface area (Å²) >= 11 is 0. The molecular weight excluding hydrogens is 365 g/mol. The van der Waals surface area contributed by atoms with Gasteiger partial charge in [-0.1, -0.05) is 54.6 Å². The van der Waals surface area contributed by atoms with Crippen LogP contribution < -0.4 is 0 Å². The number of alkyl halides is 6. The van der Waals surface area contributed by atoms with Crippen molar-refractivity contribution in [3.63, 3.8) is 0 Å². The molecule has 0 aliphatic heterocycles. The van der Waals surface area contributed by atoms with Gasteiger partial charge < -0.3 is 0 Å². The average Bonchev–Trinajstić information content (AvgIpc) is 2.61. The van der Waals surface area contributed by atoms with E-state index in [1.54, 1.807) is 7.85 Å². The largest absolute Gasteiger partial charge is 0.403 e. The van der Waals surface area contributed by atoms with E-state index in [0.29, 0.717) is 0 Å². The summed E-state index contributed by atoms with van der Waals surface area (Å²) in [4.78, 5) is 0. The maximum Gasteiger partial charge on any atom is 0.403 e. The van der Waals surface area contributed by atoms with Gasteiger partial charge in [-0.25, -0.2) is 0 Å². The maximum atomic E-state index is 13.3. The van der Waals surface area contributed by atoms with Gasteiger partial charge in [0.05, 0.1) is 0 Å². The Morgan fingerprint density at radius 2 is 1.07 bits per heavy atom. The van der Waals surface area contributed by atoms with Crippen LogP contribution in [0.2, 0.25) is 0 Å². The zero-order valence-electron chi connectivity index (χ0n) is 14.8. The highest BCUT2D eigenvalue weighted by Crippen LogP contribution is 2.60. The minimum atomic E-state index is -5.29. The van der Waals surface area contributed by atoms with Gasteiger partial charge in [0.25, 0.3) is 0 Å². The van der Waals surface area contributed by atoms with Crippen molar-refractivity contribution in [3.05, 3.63) is 60.2 Å². The van der Waals surface area contributed by atoms with Crippen molar-refractivity contribution in [2.75, 3.05) is 0 Å². The average molecular weight is 384 g/mol. The number of benzene rings is 2. The highest BCUT2D eigenvalue weighted by atomic mass is 19.4. The molecule has 0 nitrogen and oxygen atoms in total. The molecule has 0 atom stereocenters. The Morgan fingerprint density at radius 3 is 1.52 bits per heavy atom. The minimum absolute atomic E-state index is 0.156. The second kappa shape index (κ2) is 6.60. The van der Waals surface area contributed by atoms with Crippen molar-refractivity contribution in [1.82, 2.24) is 0 Å². The predicted molar refractivity (Wildman–Crippen MR) is 95.1 cm³/mol. The fourth-order valence-corrected chi connectivity index (χ4v) is 3.94. The van der Waals surface area contributed by atoms with Crippen molar-refractivity contribution >= 4 is 7.85 Å². The molecule has 0 saturated heterocycles. The van der Waals surface area contributed by atoms with Crippen LogP contribution in [0.4, 0.5) is 26.3 Å². The number of rotatable bonds is 2. The van der Waals surface area contributed by atoms with Crippen LogP contribution in [-0.2, 0) is 5.31 Å². The quantitative estimate of drug-likeness (QED) is 0.449. The van der Waals surface area contributed by atoms with E-state index in [1.165, 1.54) is 0 Å². The van der Waals surface area contributed by atoms with Crippen LogP contribution in [0.15, 0.2) is 54.6 Å². The van der Waals surface area contributed by atoms with Gasteiger partial charge in [0.2, 0.25) is 0 Å².